The fraction of sp³-hybridized carbons (Fsp3) is 0. The van der Waals surface area contributed by atoms with E-state index >= 15 is 0 Å². The van der Waals surface area contributed by atoms with E-state index in [2.05, 4.69) is 5.32 Å². The molecule has 0 unspecified atom stereocenters. The van der Waals surface area contributed by atoms with E-state index in [9.17, 15) is 14.4 Å². The largest absolute Gasteiger partial charge is 0.465 e. The van der Waals surface area contributed by atoms with Crippen LogP contribution < -0.4 is 5.32 Å². The number of benzene rings is 2. The molecular formula is C21H13NO4. The van der Waals surface area contributed by atoms with Crippen molar-refractivity contribution < 1.29 is 18.8 Å². The van der Waals surface area contributed by atoms with Gasteiger partial charge in [0.25, 0.3) is 0 Å². The Morgan fingerprint density at radius 2 is 1.58 bits per heavy atom. The third kappa shape index (κ3) is 2.65. The Morgan fingerprint density at radius 1 is 0.846 bits per heavy atom. The van der Waals surface area contributed by atoms with Crippen molar-refractivity contribution in [3.05, 3.63) is 95.0 Å². The topological polar surface area (TPSA) is 76.4 Å². The number of furan rings is 1. The molecule has 0 aliphatic heterocycles. The molecule has 1 N–H and O–H groups in total. The first kappa shape index (κ1) is 15.8. The standard InChI is InChI=1S/C21H13NO4/c23-18(11-10-13-5-4-12-26-13)22-17-9-3-8-16-19(17)21(25)15-7-2-1-6-14(15)20(16)24/h1-12H,(H,22,23)/b11-10+. The van der Waals surface area contributed by atoms with Crippen LogP contribution in [0.4, 0.5) is 5.69 Å². The van der Waals surface area contributed by atoms with E-state index in [0.29, 0.717) is 28.1 Å². The predicted molar refractivity (Wildman–Crippen MR) is 96.1 cm³/mol. The van der Waals surface area contributed by atoms with Crippen LogP contribution in [0.5, 0.6) is 0 Å². The Bertz CT molecular complexity index is 1060. The highest BCUT2D eigenvalue weighted by molar-refractivity contribution is 6.30. The fourth-order valence-corrected chi connectivity index (χ4v) is 2.97. The van der Waals surface area contributed by atoms with Crippen molar-refractivity contribution in [2.45, 2.75) is 0 Å². The molecule has 26 heavy (non-hydrogen) atoms. The maximum Gasteiger partial charge on any atom is 0.248 e. The Kier molecular flexibility index (Phi) is 3.82. The molecule has 0 fully saturated rings. The molecule has 1 aliphatic carbocycles. The normalized spacial score (nSPS) is 12.8. The number of hydrogen-bond donors (Lipinski definition) is 1. The number of ketones is 2. The van der Waals surface area contributed by atoms with Crippen molar-refractivity contribution in [3.8, 4) is 0 Å². The quantitative estimate of drug-likeness (QED) is 0.575. The van der Waals surface area contributed by atoms with Gasteiger partial charge in [-0.05, 0) is 24.3 Å². The SMILES string of the molecule is O=C(/C=C/c1ccco1)Nc1cccc2c1C(=O)c1ccccc1C2=O. The fourth-order valence-electron chi connectivity index (χ4n) is 2.97. The third-order valence-corrected chi connectivity index (χ3v) is 4.15. The Balaban J connectivity index is 1.68. The first-order valence-corrected chi connectivity index (χ1v) is 7.99. The molecule has 0 atom stereocenters. The average Bonchev–Trinajstić information content (AvgIpc) is 3.18. The molecule has 0 radical (unpaired) electrons. The van der Waals surface area contributed by atoms with E-state index in [1.54, 1.807) is 54.6 Å². The lowest BCUT2D eigenvalue weighted by Crippen LogP contribution is -2.23. The summed E-state index contributed by atoms with van der Waals surface area (Å²) in [7, 11) is 0. The summed E-state index contributed by atoms with van der Waals surface area (Å²) < 4.78 is 5.13. The van der Waals surface area contributed by atoms with Crippen molar-refractivity contribution in [1.29, 1.82) is 0 Å². The van der Waals surface area contributed by atoms with Crippen LogP contribution in [0.25, 0.3) is 6.08 Å². The van der Waals surface area contributed by atoms with E-state index in [1.165, 1.54) is 18.4 Å². The highest BCUT2D eigenvalue weighted by atomic mass is 16.3. The molecule has 2 aromatic carbocycles. The van der Waals surface area contributed by atoms with Crippen LogP contribution in [0.3, 0.4) is 0 Å². The third-order valence-electron chi connectivity index (χ3n) is 4.15. The van der Waals surface area contributed by atoms with Crippen LogP contribution in [-0.2, 0) is 4.79 Å². The van der Waals surface area contributed by atoms with E-state index in [-0.39, 0.29) is 17.1 Å². The van der Waals surface area contributed by atoms with Gasteiger partial charge in [0, 0.05) is 22.8 Å². The molecule has 0 bridgehead atoms. The van der Waals surface area contributed by atoms with Gasteiger partial charge in [-0.15, -0.1) is 0 Å². The Labute approximate surface area is 149 Å². The maximum atomic E-state index is 12.9. The van der Waals surface area contributed by atoms with Gasteiger partial charge < -0.3 is 9.73 Å². The highest BCUT2D eigenvalue weighted by Gasteiger charge is 2.31. The summed E-state index contributed by atoms with van der Waals surface area (Å²) >= 11 is 0. The van der Waals surface area contributed by atoms with Crippen molar-refractivity contribution in [2.75, 3.05) is 5.32 Å². The zero-order valence-electron chi connectivity index (χ0n) is 13.6. The number of fused-ring (bicyclic) bond motifs is 2. The molecular weight excluding hydrogens is 330 g/mol. The first-order valence-electron chi connectivity index (χ1n) is 7.99. The highest BCUT2D eigenvalue weighted by Crippen LogP contribution is 2.31. The molecule has 1 heterocycles. The van der Waals surface area contributed by atoms with Crippen LogP contribution >= 0.6 is 0 Å². The van der Waals surface area contributed by atoms with E-state index in [0.717, 1.165) is 0 Å². The first-order chi connectivity index (χ1) is 12.6. The molecule has 1 amide bonds. The minimum atomic E-state index is -0.422. The summed E-state index contributed by atoms with van der Waals surface area (Å²) in [6, 6.07) is 15.0. The molecule has 5 nitrogen and oxygen atoms in total. The molecule has 126 valence electrons. The number of nitrogens with one attached hydrogen (secondary N) is 1. The van der Waals surface area contributed by atoms with Crippen molar-refractivity contribution in [2.24, 2.45) is 0 Å². The van der Waals surface area contributed by atoms with Gasteiger partial charge in [0.15, 0.2) is 11.6 Å². The van der Waals surface area contributed by atoms with Crippen LogP contribution in [0, 0.1) is 0 Å². The number of carbonyl (C=O) groups is 3. The summed E-state index contributed by atoms with van der Waals surface area (Å²) in [6.45, 7) is 0. The van der Waals surface area contributed by atoms with Gasteiger partial charge in [-0.25, -0.2) is 0 Å². The van der Waals surface area contributed by atoms with Gasteiger partial charge in [0.1, 0.15) is 5.76 Å². The van der Waals surface area contributed by atoms with Crippen LogP contribution in [0.1, 0.15) is 37.6 Å². The number of anilines is 1. The van der Waals surface area contributed by atoms with Crippen molar-refractivity contribution >= 4 is 29.2 Å². The molecule has 1 aromatic heterocycles. The van der Waals surface area contributed by atoms with Gasteiger partial charge in [-0.2, -0.15) is 0 Å². The zero-order chi connectivity index (χ0) is 18.1. The Morgan fingerprint density at radius 3 is 2.31 bits per heavy atom. The lowest BCUT2D eigenvalue weighted by Gasteiger charge is -2.20. The summed E-state index contributed by atoms with van der Waals surface area (Å²) in [5.74, 6) is -0.386. The number of hydrogen-bond acceptors (Lipinski definition) is 4. The summed E-state index contributed by atoms with van der Waals surface area (Å²) in [4.78, 5) is 37.7. The van der Waals surface area contributed by atoms with Crippen LogP contribution in [-0.4, -0.2) is 17.5 Å². The van der Waals surface area contributed by atoms with Crippen molar-refractivity contribution in [3.63, 3.8) is 0 Å². The van der Waals surface area contributed by atoms with E-state index < -0.39 is 5.91 Å². The number of amides is 1. The van der Waals surface area contributed by atoms with Gasteiger partial charge in [-0.1, -0.05) is 36.4 Å². The van der Waals surface area contributed by atoms with Crippen molar-refractivity contribution in [1.82, 2.24) is 0 Å². The summed E-state index contributed by atoms with van der Waals surface area (Å²) in [6.07, 6.45) is 4.33. The minimum absolute atomic E-state index is 0.218. The molecule has 1 aliphatic rings. The minimum Gasteiger partial charge on any atom is -0.465 e. The van der Waals surface area contributed by atoms with Gasteiger partial charge in [-0.3, -0.25) is 14.4 Å². The smallest absolute Gasteiger partial charge is 0.248 e. The predicted octanol–water partition coefficient (Wildman–Crippen LogP) is 3.71. The van der Waals surface area contributed by atoms with Crippen LogP contribution in [0.15, 0.2) is 71.4 Å². The molecule has 0 saturated carbocycles. The second-order valence-corrected chi connectivity index (χ2v) is 5.77. The maximum absolute atomic E-state index is 12.9. The van der Waals surface area contributed by atoms with Gasteiger partial charge in [0.2, 0.25) is 5.91 Å². The average molecular weight is 343 g/mol. The number of carbonyl (C=O) groups excluding carboxylic acids is 3. The second-order valence-electron chi connectivity index (χ2n) is 5.77. The van der Waals surface area contributed by atoms with Gasteiger partial charge >= 0.3 is 0 Å². The zero-order valence-corrected chi connectivity index (χ0v) is 13.6. The van der Waals surface area contributed by atoms with E-state index in [1.807, 2.05) is 0 Å². The van der Waals surface area contributed by atoms with Crippen LogP contribution in [0.2, 0.25) is 0 Å². The molecule has 5 heteroatoms. The summed E-state index contributed by atoms with van der Waals surface area (Å²) in [5, 5.41) is 2.67. The lowest BCUT2D eigenvalue weighted by atomic mass is 9.83. The molecule has 0 saturated heterocycles. The monoisotopic (exact) mass is 343 g/mol. The Hall–Kier alpha value is -3.73. The molecule has 3 aromatic rings. The van der Waals surface area contributed by atoms with Gasteiger partial charge in [0.05, 0.1) is 17.5 Å². The lowest BCUT2D eigenvalue weighted by molar-refractivity contribution is -0.111. The molecule has 4 rings (SSSR count). The summed E-state index contributed by atoms with van der Waals surface area (Å²) in [5.41, 5.74) is 1.55. The number of rotatable bonds is 3. The second kappa shape index (κ2) is 6.29. The molecule has 0 spiro atoms. The van der Waals surface area contributed by atoms with E-state index in [4.69, 9.17) is 4.42 Å².